The zero-order chi connectivity index (χ0) is 11.5. The van der Waals surface area contributed by atoms with Crippen LogP contribution in [0.5, 0.6) is 0 Å². The number of halogens is 1. The van der Waals surface area contributed by atoms with Crippen molar-refractivity contribution in [1.29, 1.82) is 0 Å². The fourth-order valence-corrected chi connectivity index (χ4v) is 1.42. The zero-order valence-electron chi connectivity index (χ0n) is 8.22. The minimum absolute atomic E-state index is 0.290. The summed E-state index contributed by atoms with van der Waals surface area (Å²) in [5, 5.41) is 0. The standard InChI is InChI=1S/C11H8ClNO3/c12-7-11(15)13-10(14)6-9(16-13)8-4-2-1-3-5-8/h1-6H,7H2. The lowest BCUT2D eigenvalue weighted by molar-refractivity contribution is 0.0822. The van der Waals surface area contributed by atoms with E-state index in [1.807, 2.05) is 18.2 Å². The lowest BCUT2D eigenvalue weighted by Crippen LogP contribution is -2.22. The molecule has 5 heteroatoms. The van der Waals surface area contributed by atoms with E-state index in [1.54, 1.807) is 12.1 Å². The summed E-state index contributed by atoms with van der Waals surface area (Å²) >= 11 is 5.34. The van der Waals surface area contributed by atoms with Crippen LogP contribution >= 0.6 is 11.6 Å². The van der Waals surface area contributed by atoms with Crippen molar-refractivity contribution in [3.8, 4) is 11.3 Å². The quantitative estimate of drug-likeness (QED) is 0.751. The zero-order valence-corrected chi connectivity index (χ0v) is 8.98. The van der Waals surface area contributed by atoms with Crippen molar-refractivity contribution in [3.63, 3.8) is 0 Å². The Hall–Kier alpha value is -1.81. The Labute approximate surface area is 96.0 Å². The number of carbonyl (C=O) groups is 1. The predicted octanol–water partition coefficient (Wildman–Crippen LogP) is 1.99. The Morgan fingerprint density at radius 3 is 2.62 bits per heavy atom. The number of carbonyl (C=O) groups excluding carboxylic acids is 1. The lowest BCUT2D eigenvalue weighted by atomic mass is 10.2. The molecule has 0 unspecified atom stereocenters. The van der Waals surface area contributed by atoms with E-state index in [4.69, 9.17) is 16.1 Å². The van der Waals surface area contributed by atoms with Crippen molar-refractivity contribution >= 4 is 17.5 Å². The first-order chi connectivity index (χ1) is 7.72. The molecule has 0 aliphatic heterocycles. The van der Waals surface area contributed by atoms with Crippen molar-refractivity contribution in [2.24, 2.45) is 0 Å². The molecule has 16 heavy (non-hydrogen) atoms. The van der Waals surface area contributed by atoms with E-state index in [2.05, 4.69) is 0 Å². The summed E-state index contributed by atoms with van der Waals surface area (Å²) in [5.41, 5.74) is 0.227. The largest absolute Gasteiger partial charge is 0.368 e. The summed E-state index contributed by atoms with van der Waals surface area (Å²) < 4.78 is 5.79. The van der Waals surface area contributed by atoms with Gasteiger partial charge in [-0.3, -0.25) is 9.59 Å². The predicted molar refractivity (Wildman–Crippen MR) is 59.8 cm³/mol. The van der Waals surface area contributed by atoms with E-state index in [0.717, 1.165) is 5.56 Å². The highest BCUT2D eigenvalue weighted by Crippen LogP contribution is 2.16. The number of hydrogen-bond donors (Lipinski definition) is 0. The summed E-state index contributed by atoms with van der Waals surface area (Å²) in [6.07, 6.45) is 0. The molecule has 0 amide bonds. The fraction of sp³-hybridized carbons (Fsp3) is 0.0909. The van der Waals surface area contributed by atoms with Gasteiger partial charge >= 0.3 is 0 Å². The molecule has 1 aromatic carbocycles. The first kappa shape index (κ1) is 10.7. The third-order valence-electron chi connectivity index (χ3n) is 2.04. The van der Waals surface area contributed by atoms with Gasteiger partial charge in [-0.05, 0) is 0 Å². The maximum Gasteiger partial charge on any atom is 0.290 e. The molecule has 0 saturated carbocycles. The van der Waals surface area contributed by atoms with E-state index in [0.29, 0.717) is 10.5 Å². The molecular weight excluding hydrogens is 230 g/mol. The number of hydrogen-bond acceptors (Lipinski definition) is 3. The highest BCUT2D eigenvalue weighted by atomic mass is 35.5. The van der Waals surface area contributed by atoms with Crippen molar-refractivity contribution in [2.45, 2.75) is 0 Å². The molecule has 2 rings (SSSR count). The van der Waals surface area contributed by atoms with Gasteiger partial charge in [-0.15, -0.1) is 16.3 Å². The SMILES string of the molecule is O=C(CCl)n1oc(-c2ccccc2)cc1=O. The molecule has 0 N–H and O–H groups in total. The van der Waals surface area contributed by atoms with Gasteiger partial charge in [0.05, 0.1) is 6.07 Å². The first-order valence-corrected chi connectivity index (χ1v) is 5.14. The second-order valence-electron chi connectivity index (χ2n) is 3.13. The topological polar surface area (TPSA) is 52.2 Å². The molecule has 82 valence electrons. The average Bonchev–Trinajstić information content (AvgIpc) is 2.71. The molecule has 1 heterocycles. The summed E-state index contributed by atoms with van der Waals surface area (Å²) in [5.74, 6) is -0.514. The van der Waals surface area contributed by atoms with Crippen LogP contribution in [0.4, 0.5) is 0 Å². The van der Waals surface area contributed by atoms with Crippen molar-refractivity contribution in [1.82, 2.24) is 4.74 Å². The molecule has 0 aliphatic rings. The molecule has 0 aliphatic carbocycles. The van der Waals surface area contributed by atoms with Crippen LogP contribution in [0, 0.1) is 0 Å². The van der Waals surface area contributed by atoms with Gasteiger partial charge in [0.15, 0.2) is 5.76 Å². The second kappa shape index (κ2) is 4.37. The van der Waals surface area contributed by atoms with Gasteiger partial charge in [0, 0.05) is 5.56 Å². The molecule has 0 saturated heterocycles. The number of alkyl halides is 1. The first-order valence-electron chi connectivity index (χ1n) is 4.60. The summed E-state index contributed by atoms with van der Waals surface area (Å²) in [4.78, 5) is 22.6. The molecule has 2 aromatic rings. The monoisotopic (exact) mass is 237 g/mol. The Bertz CT molecular complexity index is 556. The minimum atomic E-state index is -0.575. The van der Waals surface area contributed by atoms with Crippen LogP contribution < -0.4 is 5.56 Å². The van der Waals surface area contributed by atoms with Gasteiger partial charge in [-0.2, -0.15) is 0 Å². The van der Waals surface area contributed by atoms with Gasteiger partial charge in [-0.25, -0.2) is 0 Å². The van der Waals surface area contributed by atoms with Crippen LogP contribution in [0.25, 0.3) is 11.3 Å². The molecule has 4 nitrogen and oxygen atoms in total. The number of benzene rings is 1. The minimum Gasteiger partial charge on any atom is -0.368 e. The number of nitrogens with zero attached hydrogens (tertiary/aromatic N) is 1. The Morgan fingerprint density at radius 1 is 1.31 bits per heavy atom. The number of rotatable bonds is 2. The third-order valence-corrected chi connectivity index (χ3v) is 2.27. The van der Waals surface area contributed by atoms with Crippen LogP contribution in [-0.2, 0) is 0 Å². The van der Waals surface area contributed by atoms with E-state index < -0.39 is 11.5 Å². The summed E-state index contributed by atoms with van der Waals surface area (Å²) in [6.45, 7) is 0. The van der Waals surface area contributed by atoms with E-state index in [1.165, 1.54) is 6.07 Å². The molecule has 0 radical (unpaired) electrons. The molecule has 0 spiro atoms. The maximum absolute atomic E-state index is 11.4. The highest BCUT2D eigenvalue weighted by molar-refractivity contribution is 6.27. The van der Waals surface area contributed by atoms with Gasteiger partial charge in [0.25, 0.3) is 11.5 Å². The van der Waals surface area contributed by atoms with Crippen LogP contribution in [0.1, 0.15) is 4.79 Å². The Balaban J connectivity index is 2.47. The molecule has 1 aromatic heterocycles. The molecule has 0 fully saturated rings. The average molecular weight is 238 g/mol. The Kier molecular flexibility index (Phi) is 2.92. The summed E-state index contributed by atoms with van der Waals surface area (Å²) in [7, 11) is 0. The Morgan fingerprint density at radius 2 is 2.00 bits per heavy atom. The molecular formula is C11H8ClNO3. The van der Waals surface area contributed by atoms with Gasteiger partial charge in [-0.1, -0.05) is 30.3 Å². The van der Waals surface area contributed by atoms with E-state index in [9.17, 15) is 9.59 Å². The van der Waals surface area contributed by atoms with Crippen molar-refractivity contribution in [2.75, 3.05) is 5.88 Å². The van der Waals surface area contributed by atoms with Crippen LogP contribution in [0.15, 0.2) is 45.7 Å². The smallest absolute Gasteiger partial charge is 0.290 e. The van der Waals surface area contributed by atoms with E-state index >= 15 is 0 Å². The molecule has 0 bridgehead atoms. The van der Waals surface area contributed by atoms with Crippen molar-refractivity contribution in [3.05, 3.63) is 46.8 Å². The van der Waals surface area contributed by atoms with E-state index in [-0.39, 0.29) is 5.88 Å². The lowest BCUT2D eigenvalue weighted by Gasteiger charge is -1.95. The maximum atomic E-state index is 11.4. The third kappa shape index (κ3) is 1.92. The number of aromatic nitrogens is 1. The molecule has 0 atom stereocenters. The van der Waals surface area contributed by atoms with Gasteiger partial charge < -0.3 is 4.52 Å². The highest BCUT2D eigenvalue weighted by Gasteiger charge is 2.13. The van der Waals surface area contributed by atoms with Gasteiger partial charge in [0.1, 0.15) is 5.88 Å². The van der Waals surface area contributed by atoms with Gasteiger partial charge in [0.2, 0.25) is 0 Å². The summed E-state index contributed by atoms with van der Waals surface area (Å²) in [6, 6.07) is 10.3. The van der Waals surface area contributed by atoms with Crippen LogP contribution in [-0.4, -0.2) is 16.5 Å². The van der Waals surface area contributed by atoms with Crippen molar-refractivity contribution < 1.29 is 9.32 Å². The van der Waals surface area contributed by atoms with Crippen LogP contribution in [0.3, 0.4) is 0 Å². The van der Waals surface area contributed by atoms with Crippen LogP contribution in [0.2, 0.25) is 0 Å². The fourth-order valence-electron chi connectivity index (χ4n) is 1.31. The second-order valence-corrected chi connectivity index (χ2v) is 3.39. The normalized spacial score (nSPS) is 10.3.